The molecule has 2 rings (SSSR count). The van der Waals surface area contributed by atoms with E-state index in [1.54, 1.807) is 0 Å². The monoisotopic (exact) mass is 239 g/mol. The fourth-order valence-electron chi connectivity index (χ4n) is 1.06. The summed E-state index contributed by atoms with van der Waals surface area (Å²) in [6.45, 7) is 0. The molecule has 0 aliphatic carbocycles. The summed E-state index contributed by atoms with van der Waals surface area (Å²) in [7, 11) is 0. The molecule has 82 valence electrons. The van der Waals surface area contributed by atoms with Crippen molar-refractivity contribution in [2.75, 3.05) is 5.73 Å². The van der Waals surface area contributed by atoms with E-state index in [0.717, 1.165) is 6.07 Å². The van der Waals surface area contributed by atoms with Gasteiger partial charge in [-0.15, -0.1) is 0 Å². The van der Waals surface area contributed by atoms with Crippen molar-refractivity contribution in [2.24, 2.45) is 0 Å². The van der Waals surface area contributed by atoms with Crippen molar-refractivity contribution in [3.05, 3.63) is 41.6 Å². The highest BCUT2D eigenvalue weighted by Gasteiger charge is 2.06. The Bertz CT molecular complexity index is 521. The molecule has 1 aromatic heterocycles. The van der Waals surface area contributed by atoms with Crippen molar-refractivity contribution in [1.29, 1.82) is 0 Å². The first-order valence-corrected chi connectivity index (χ1v) is 4.73. The van der Waals surface area contributed by atoms with E-state index < -0.39 is 5.82 Å². The molecule has 2 N–H and O–H groups in total. The molecular formula is C10H7ClFN3O. The second-order valence-electron chi connectivity index (χ2n) is 2.96. The van der Waals surface area contributed by atoms with Gasteiger partial charge in [0, 0.05) is 6.07 Å². The van der Waals surface area contributed by atoms with Gasteiger partial charge in [0.25, 0.3) is 0 Å². The Labute approximate surface area is 95.9 Å². The fourth-order valence-corrected chi connectivity index (χ4v) is 1.20. The second kappa shape index (κ2) is 4.32. The van der Waals surface area contributed by atoms with Crippen molar-refractivity contribution < 1.29 is 9.13 Å². The van der Waals surface area contributed by atoms with Gasteiger partial charge in [-0.3, -0.25) is 0 Å². The summed E-state index contributed by atoms with van der Waals surface area (Å²) in [5.74, 6) is -0.115. The number of nitrogens with two attached hydrogens (primary N) is 1. The van der Waals surface area contributed by atoms with E-state index in [4.69, 9.17) is 22.1 Å². The Balaban J connectivity index is 2.28. The summed E-state index contributed by atoms with van der Waals surface area (Å²) in [4.78, 5) is 7.51. The Morgan fingerprint density at radius 3 is 2.88 bits per heavy atom. The summed E-state index contributed by atoms with van der Waals surface area (Å²) in [6.07, 6.45) is 2.67. The number of nitrogen functional groups attached to an aromatic ring is 1. The first-order valence-electron chi connectivity index (χ1n) is 4.35. The molecule has 0 aliphatic heterocycles. The highest BCUT2D eigenvalue weighted by atomic mass is 35.5. The van der Waals surface area contributed by atoms with Crippen LogP contribution in [0.5, 0.6) is 11.6 Å². The maximum absolute atomic E-state index is 13.1. The molecule has 16 heavy (non-hydrogen) atoms. The third kappa shape index (κ3) is 2.20. The molecule has 0 saturated carbocycles. The van der Waals surface area contributed by atoms with Crippen LogP contribution in [0, 0.1) is 5.82 Å². The molecule has 0 bridgehead atoms. The zero-order valence-electron chi connectivity index (χ0n) is 8.02. The fraction of sp³-hybridized carbons (Fsp3) is 0. The quantitative estimate of drug-likeness (QED) is 0.819. The average molecular weight is 240 g/mol. The SMILES string of the molecule is Nc1ccc(Oc2ncncc2Cl)cc1F. The van der Waals surface area contributed by atoms with Crippen molar-refractivity contribution in [3.63, 3.8) is 0 Å². The predicted molar refractivity (Wildman–Crippen MR) is 57.9 cm³/mol. The molecule has 0 atom stereocenters. The van der Waals surface area contributed by atoms with Gasteiger partial charge < -0.3 is 10.5 Å². The van der Waals surface area contributed by atoms with Crippen LogP contribution in [0.3, 0.4) is 0 Å². The van der Waals surface area contributed by atoms with Crippen molar-refractivity contribution in [1.82, 2.24) is 9.97 Å². The number of benzene rings is 1. The summed E-state index contributed by atoms with van der Waals surface area (Å²) < 4.78 is 18.4. The minimum atomic E-state index is -0.553. The van der Waals surface area contributed by atoms with Crippen LogP contribution in [-0.2, 0) is 0 Å². The van der Waals surface area contributed by atoms with Gasteiger partial charge >= 0.3 is 0 Å². The van der Waals surface area contributed by atoms with E-state index in [-0.39, 0.29) is 22.3 Å². The van der Waals surface area contributed by atoms with E-state index in [1.807, 2.05) is 0 Å². The highest BCUT2D eigenvalue weighted by molar-refractivity contribution is 6.31. The van der Waals surface area contributed by atoms with Gasteiger partial charge in [0.05, 0.1) is 11.9 Å². The van der Waals surface area contributed by atoms with Crippen LogP contribution in [-0.4, -0.2) is 9.97 Å². The van der Waals surface area contributed by atoms with Crippen molar-refractivity contribution >= 4 is 17.3 Å². The number of ether oxygens (including phenoxy) is 1. The van der Waals surface area contributed by atoms with Gasteiger partial charge in [0.2, 0.25) is 5.88 Å². The van der Waals surface area contributed by atoms with E-state index in [9.17, 15) is 4.39 Å². The van der Waals surface area contributed by atoms with Crippen molar-refractivity contribution in [2.45, 2.75) is 0 Å². The van der Waals surface area contributed by atoms with Crippen LogP contribution in [0.15, 0.2) is 30.7 Å². The number of nitrogens with zero attached hydrogens (tertiary/aromatic N) is 2. The Morgan fingerprint density at radius 2 is 2.19 bits per heavy atom. The van der Waals surface area contributed by atoms with Crippen LogP contribution in [0.25, 0.3) is 0 Å². The Morgan fingerprint density at radius 1 is 1.38 bits per heavy atom. The molecule has 4 nitrogen and oxygen atoms in total. The van der Waals surface area contributed by atoms with Gasteiger partial charge in [-0.2, -0.15) is 0 Å². The molecule has 6 heteroatoms. The first-order chi connectivity index (χ1) is 7.66. The van der Waals surface area contributed by atoms with Crippen LogP contribution in [0.2, 0.25) is 5.02 Å². The molecule has 0 saturated heterocycles. The third-order valence-electron chi connectivity index (χ3n) is 1.82. The Kier molecular flexibility index (Phi) is 2.87. The largest absolute Gasteiger partial charge is 0.437 e. The number of hydrogen-bond donors (Lipinski definition) is 1. The lowest BCUT2D eigenvalue weighted by Crippen LogP contribution is -1.93. The minimum absolute atomic E-state index is 0.0566. The van der Waals surface area contributed by atoms with Gasteiger partial charge in [-0.25, -0.2) is 14.4 Å². The zero-order chi connectivity index (χ0) is 11.5. The number of rotatable bonds is 2. The average Bonchev–Trinajstić information content (AvgIpc) is 2.27. The lowest BCUT2D eigenvalue weighted by molar-refractivity contribution is 0.457. The predicted octanol–water partition coefficient (Wildman–Crippen LogP) is 2.64. The molecule has 1 heterocycles. The van der Waals surface area contributed by atoms with Crippen molar-refractivity contribution in [3.8, 4) is 11.6 Å². The van der Waals surface area contributed by atoms with Gasteiger partial charge in [0.1, 0.15) is 22.9 Å². The first kappa shape index (κ1) is 10.6. The molecular weight excluding hydrogens is 233 g/mol. The maximum Gasteiger partial charge on any atom is 0.241 e. The lowest BCUT2D eigenvalue weighted by Gasteiger charge is -2.06. The third-order valence-corrected chi connectivity index (χ3v) is 2.08. The standard InChI is InChI=1S/C10H7ClFN3O/c11-7-4-14-5-15-10(7)16-6-1-2-9(13)8(12)3-6/h1-5H,13H2. The van der Waals surface area contributed by atoms with Crippen LogP contribution in [0.4, 0.5) is 10.1 Å². The molecule has 0 aliphatic rings. The molecule has 0 spiro atoms. The number of halogens is 2. The van der Waals surface area contributed by atoms with Crippen LogP contribution < -0.4 is 10.5 Å². The van der Waals surface area contributed by atoms with Gasteiger partial charge in [-0.1, -0.05) is 11.6 Å². The summed E-state index contributed by atoms with van der Waals surface area (Å²) in [5.41, 5.74) is 5.39. The van der Waals surface area contributed by atoms with Crippen LogP contribution in [0.1, 0.15) is 0 Å². The topological polar surface area (TPSA) is 61.0 Å². The zero-order valence-corrected chi connectivity index (χ0v) is 8.78. The van der Waals surface area contributed by atoms with E-state index in [2.05, 4.69) is 9.97 Å². The number of aromatic nitrogens is 2. The molecule has 1 aromatic carbocycles. The maximum atomic E-state index is 13.1. The molecule has 0 amide bonds. The molecule has 0 fully saturated rings. The van der Waals surface area contributed by atoms with E-state index >= 15 is 0 Å². The normalized spacial score (nSPS) is 10.1. The summed E-state index contributed by atoms with van der Waals surface area (Å²) in [5, 5.41) is 0.250. The van der Waals surface area contributed by atoms with Crippen LogP contribution >= 0.6 is 11.6 Å². The van der Waals surface area contributed by atoms with Gasteiger partial charge in [-0.05, 0) is 12.1 Å². The number of hydrogen-bond acceptors (Lipinski definition) is 4. The summed E-state index contributed by atoms with van der Waals surface area (Å²) >= 11 is 5.78. The van der Waals surface area contributed by atoms with E-state index in [0.29, 0.717) is 0 Å². The highest BCUT2D eigenvalue weighted by Crippen LogP contribution is 2.27. The lowest BCUT2D eigenvalue weighted by atomic mass is 10.3. The second-order valence-corrected chi connectivity index (χ2v) is 3.37. The summed E-state index contributed by atoms with van der Waals surface area (Å²) in [6, 6.07) is 4.09. The molecule has 0 unspecified atom stereocenters. The molecule has 0 radical (unpaired) electrons. The molecule has 2 aromatic rings. The minimum Gasteiger partial charge on any atom is -0.437 e. The number of anilines is 1. The smallest absolute Gasteiger partial charge is 0.241 e. The van der Waals surface area contributed by atoms with Gasteiger partial charge in [0.15, 0.2) is 0 Å². The van der Waals surface area contributed by atoms with E-state index in [1.165, 1.54) is 24.7 Å². The Hall–Kier alpha value is -1.88.